The van der Waals surface area contributed by atoms with Crippen LogP contribution >= 0.6 is 0 Å². The predicted octanol–water partition coefficient (Wildman–Crippen LogP) is 3.76. The van der Waals surface area contributed by atoms with E-state index in [0.717, 1.165) is 18.0 Å². The van der Waals surface area contributed by atoms with Gasteiger partial charge in [0.15, 0.2) is 0 Å². The van der Waals surface area contributed by atoms with Crippen LogP contribution in [-0.4, -0.2) is 48.6 Å². The number of hydrogen-bond acceptors (Lipinski definition) is 2. The van der Waals surface area contributed by atoms with Gasteiger partial charge in [0.2, 0.25) is 0 Å². The summed E-state index contributed by atoms with van der Waals surface area (Å²) in [6.45, 7) is 8.60. The highest BCUT2D eigenvalue weighted by molar-refractivity contribution is 4.83. The molecular weight excluding hydrogens is 232 g/mol. The van der Waals surface area contributed by atoms with Gasteiger partial charge in [0, 0.05) is 25.2 Å². The van der Waals surface area contributed by atoms with Gasteiger partial charge in [0.05, 0.1) is 0 Å². The molecule has 2 aliphatic rings. The zero-order chi connectivity index (χ0) is 13.7. The molecular formula is C17H34N2. The molecule has 2 rings (SSSR count). The van der Waals surface area contributed by atoms with Crippen LogP contribution in [0.5, 0.6) is 0 Å². The minimum absolute atomic E-state index is 0.739. The SMILES string of the molecule is C[C@@H]1CN(C)C[C@H](C)N1CCCCC1CCCCC1. The second-order valence-corrected chi connectivity index (χ2v) is 7.16. The molecule has 1 aliphatic heterocycles. The van der Waals surface area contributed by atoms with E-state index in [9.17, 15) is 0 Å². The first-order valence-electron chi connectivity index (χ1n) is 8.61. The van der Waals surface area contributed by atoms with Crippen molar-refractivity contribution in [2.45, 2.75) is 77.3 Å². The Balaban J connectivity index is 1.61. The van der Waals surface area contributed by atoms with Crippen molar-refractivity contribution in [1.29, 1.82) is 0 Å². The summed E-state index contributed by atoms with van der Waals surface area (Å²) in [4.78, 5) is 5.22. The highest BCUT2D eigenvalue weighted by Gasteiger charge is 2.26. The van der Waals surface area contributed by atoms with Crippen molar-refractivity contribution in [2.75, 3.05) is 26.7 Å². The standard InChI is InChI=1S/C17H34N2/c1-15-13-18(3)14-16(2)19(15)12-8-7-11-17-9-5-4-6-10-17/h15-17H,4-14H2,1-3H3/t15-,16+. The number of rotatable bonds is 5. The van der Waals surface area contributed by atoms with Gasteiger partial charge in [0.1, 0.15) is 0 Å². The van der Waals surface area contributed by atoms with E-state index in [-0.39, 0.29) is 0 Å². The molecule has 2 heteroatoms. The summed E-state index contributed by atoms with van der Waals surface area (Å²) in [6.07, 6.45) is 11.9. The van der Waals surface area contributed by atoms with Gasteiger partial charge in [-0.15, -0.1) is 0 Å². The van der Waals surface area contributed by atoms with Crippen molar-refractivity contribution in [3.63, 3.8) is 0 Å². The molecule has 2 atom stereocenters. The molecule has 0 amide bonds. The molecule has 1 saturated carbocycles. The fraction of sp³-hybridized carbons (Fsp3) is 1.00. The molecule has 0 radical (unpaired) electrons. The first-order chi connectivity index (χ1) is 9.16. The zero-order valence-electron chi connectivity index (χ0n) is 13.4. The normalized spacial score (nSPS) is 31.7. The van der Waals surface area contributed by atoms with Crippen LogP contribution in [0.2, 0.25) is 0 Å². The quantitative estimate of drug-likeness (QED) is 0.699. The van der Waals surface area contributed by atoms with Gasteiger partial charge in [-0.3, -0.25) is 4.90 Å². The third-order valence-electron chi connectivity index (χ3n) is 5.29. The van der Waals surface area contributed by atoms with Crippen LogP contribution in [-0.2, 0) is 0 Å². The summed E-state index contributed by atoms with van der Waals surface area (Å²) >= 11 is 0. The molecule has 0 N–H and O–H groups in total. The average molecular weight is 266 g/mol. The number of hydrogen-bond donors (Lipinski definition) is 0. The smallest absolute Gasteiger partial charge is 0.0198 e. The van der Waals surface area contributed by atoms with Crippen molar-refractivity contribution in [3.8, 4) is 0 Å². The molecule has 0 aromatic carbocycles. The first-order valence-corrected chi connectivity index (χ1v) is 8.61. The van der Waals surface area contributed by atoms with E-state index in [1.54, 1.807) is 0 Å². The summed E-state index contributed by atoms with van der Waals surface area (Å²) in [7, 11) is 2.26. The number of likely N-dealkylation sites (N-methyl/N-ethyl adjacent to an activating group) is 1. The van der Waals surface area contributed by atoms with E-state index in [0.29, 0.717) is 0 Å². The van der Waals surface area contributed by atoms with Gasteiger partial charge in [-0.25, -0.2) is 0 Å². The molecule has 2 nitrogen and oxygen atoms in total. The molecule has 1 saturated heterocycles. The first kappa shape index (κ1) is 15.3. The third-order valence-corrected chi connectivity index (χ3v) is 5.29. The van der Waals surface area contributed by atoms with E-state index < -0.39 is 0 Å². The van der Waals surface area contributed by atoms with Crippen LogP contribution in [0.25, 0.3) is 0 Å². The van der Waals surface area contributed by atoms with Gasteiger partial charge in [-0.2, -0.15) is 0 Å². The van der Waals surface area contributed by atoms with E-state index in [1.807, 2.05) is 0 Å². The van der Waals surface area contributed by atoms with Gasteiger partial charge < -0.3 is 4.90 Å². The van der Waals surface area contributed by atoms with Crippen molar-refractivity contribution < 1.29 is 0 Å². The van der Waals surface area contributed by atoms with Gasteiger partial charge in [-0.05, 0) is 39.8 Å². The van der Waals surface area contributed by atoms with E-state index >= 15 is 0 Å². The number of piperazine rings is 1. The number of unbranched alkanes of at least 4 members (excludes halogenated alkanes) is 1. The fourth-order valence-corrected chi connectivity index (χ4v) is 4.26. The van der Waals surface area contributed by atoms with Crippen molar-refractivity contribution in [2.24, 2.45) is 5.92 Å². The summed E-state index contributed by atoms with van der Waals surface area (Å²) in [6, 6.07) is 1.48. The lowest BCUT2D eigenvalue weighted by atomic mass is 9.86. The van der Waals surface area contributed by atoms with Crippen LogP contribution in [0, 0.1) is 5.92 Å². The molecule has 0 bridgehead atoms. The molecule has 112 valence electrons. The maximum atomic E-state index is 2.74. The highest BCUT2D eigenvalue weighted by Crippen LogP contribution is 2.28. The van der Waals surface area contributed by atoms with Crippen LogP contribution in [0.3, 0.4) is 0 Å². The Bertz CT molecular complexity index is 236. The second kappa shape index (κ2) is 7.64. The molecule has 0 spiro atoms. The van der Waals surface area contributed by atoms with Crippen LogP contribution in [0.4, 0.5) is 0 Å². The Kier molecular flexibility index (Phi) is 6.15. The Hall–Kier alpha value is -0.0800. The maximum absolute atomic E-state index is 2.74. The summed E-state index contributed by atoms with van der Waals surface area (Å²) in [5, 5.41) is 0. The Labute approximate surface area is 120 Å². The van der Waals surface area contributed by atoms with Crippen LogP contribution in [0.15, 0.2) is 0 Å². The van der Waals surface area contributed by atoms with E-state index in [2.05, 4.69) is 30.7 Å². The van der Waals surface area contributed by atoms with Crippen molar-refractivity contribution in [1.82, 2.24) is 9.80 Å². The molecule has 0 unspecified atom stereocenters. The van der Waals surface area contributed by atoms with E-state index in [1.165, 1.54) is 71.0 Å². The highest BCUT2D eigenvalue weighted by atomic mass is 15.3. The largest absolute Gasteiger partial charge is 0.303 e. The summed E-state index contributed by atoms with van der Waals surface area (Å²) in [5.74, 6) is 1.07. The summed E-state index contributed by atoms with van der Waals surface area (Å²) < 4.78 is 0. The summed E-state index contributed by atoms with van der Waals surface area (Å²) in [5.41, 5.74) is 0. The minimum Gasteiger partial charge on any atom is -0.303 e. The van der Waals surface area contributed by atoms with Gasteiger partial charge in [-0.1, -0.05) is 44.9 Å². The number of nitrogens with zero attached hydrogens (tertiary/aromatic N) is 2. The predicted molar refractivity (Wildman–Crippen MR) is 83.6 cm³/mol. The molecule has 19 heavy (non-hydrogen) atoms. The maximum Gasteiger partial charge on any atom is 0.0198 e. The molecule has 0 aromatic rings. The average Bonchev–Trinajstić information content (AvgIpc) is 2.38. The Morgan fingerprint density at radius 2 is 1.53 bits per heavy atom. The van der Waals surface area contributed by atoms with Crippen LogP contribution < -0.4 is 0 Å². The molecule has 1 aliphatic carbocycles. The molecule has 0 aromatic heterocycles. The fourth-order valence-electron chi connectivity index (χ4n) is 4.26. The van der Waals surface area contributed by atoms with Crippen LogP contribution in [0.1, 0.15) is 65.2 Å². The molecule has 1 heterocycles. The van der Waals surface area contributed by atoms with Gasteiger partial charge >= 0.3 is 0 Å². The van der Waals surface area contributed by atoms with Gasteiger partial charge in [0.25, 0.3) is 0 Å². The second-order valence-electron chi connectivity index (χ2n) is 7.16. The van der Waals surface area contributed by atoms with Crippen molar-refractivity contribution >= 4 is 0 Å². The Morgan fingerprint density at radius 3 is 2.16 bits per heavy atom. The minimum atomic E-state index is 0.739. The van der Waals surface area contributed by atoms with Crippen molar-refractivity contribution in [3.05, 3.63) is 0 Å². The third kappa shape index (κ3) is 4.75. The lowest BCUT2D eigenvalue weighted by Crippen LogP contribution is -2.55. The molecule has 2 fully saturated rings. The Morgan fingerprint density at radius 1 is 0.895 bits per heavy atom. The topological polar surface area (TPSA) is 6.48 Å². The zero-order valence-corrected chi connectivity index (χ0v) is 13.4. The van der Waals surface area contributed by atoms with E-state index in [4.69, 9.17) is 0 Å². The lowest BCUT2D eigenvalue weighted by Gasteiger charge is -2.43. The lowest BCUT2D eigenvalue weighted by molar-refractivity contribution is 0.0506. The monoisotopic (exact) mass is 266 g/mol.